The molecule has 4 atom stereocenters. The Bertz CT molecular complexity index is 1270. The minimum atomic E-state index is -1.24. The second-order valence-electron chi connectivity index (χ2n) is 11.1. The van der Waals surface area contributed by atoms with Crippen molar-refractivity contribution in [2.45, 2.75) is 43.6 Å². The zero-order valence-corrected chi connectivity index (χ0v) is 24.5. The third-order valence-corrected chi connectivity index (χ3v) is 9.14. The number of ether oxygens (including phenoxy) is 3. The molecule has 0 aliphatic heterocycles. The summed E-state index contributed by atoms with van der Waals surface area (Å²) in [6.45, 7) is 0.701. The highest BCUT2D eigenvalue weighted by molar-refractivity contribution is 9.10. The summed E-state index contributed by atoms with van der Waals surface area (Å²) in [6.07, 6.45) is 5.27. The van der Waals surface area contributed by atoms with E-state index in [0.717, 1.165) is 44.8 Å². The van der Waals surface area contributed by atoms with Crippen molar-refractivity contribution in [1.82, 2.24) is 14.9 Å². The van der Waals surface area contributed by atoms with Crippen molar-refractivity contribution in [2.24, 2.45) is 17.8 Å². The molecule has 0 spiro atoms. The molecule has 0 amide bonds. The van der Waals surface area contributed by atoms with E-state index in [1.165, 1.54) is 19.3 Å². The van der Waals surface area contributed by atoms with Crippen LogP contribution in [0.25, 0.3) is 10.9 Å². The molecule has 2 aliphatic rings. The van der Waals surface area contributed by atoms with Gasteiger partial charge in [0.1, 0.15) is 0 Å². The van der Waals surface area contributed by atoms with Crippen molar-refractivity contribution in [3.05, 3.63) is 52.0 Å². The number of rotatable bonds is 11. The number of nitrogens with zero attached hydrogens (tertiary/aromatic N) is 3. The molecule has 2 aliphatic carbocycles. The molecule has 7 nitrogen and oxygen atoms in total. The van der Waals surface area contributed by atoms with Crippen LogP contribution in [0.5, 0.6) is 17.6 Å². The lowest BCUT2D eigenvalue weighted by Gasteiger charge is -2.39. The topological polar surface area (TPSA) is 76.9 Å². The minimum absolute atomic E-state index is 0.249. The first-order valence-electron chi connectivity index (χ1n) is 13.4. The van der Waals surface area contributed by atoms with Gasteiger partial charge in [0.05, 0.1) is 32.4 Å². The van der Waals surface area contributed by atoms with E-state index in [2.05, 4.69) is 37.9 Å². The summed E-state index contributed by atoms with van der Waals surface area (Å²) in [7, 11) is 8.90. The maximum absolute atomic E-state index is 12.9. The molecule has 2 saturated carbocycles. The highest BCUT2D eigenvalue weighted by Gasteiger charge is 2.55. The Morgan fingerprint density at radius 1 is 1.00 bits per heavy atom. The van der Waals surface area contributed by atoms with Gasteiger partial charge in [-0.05, 0) is 87.4 Å². The summed E-state index contributed by atoms with van der Waals surface area (Å²) in [6, 6.07) is 11.9. The van der Waals surface area contributed by atoms with Gasteiger partial charge in [-0.3, -0.25) is 0 Å². The van der Waals surface area contributed by atoms with Crippen molar-refractivity contribution in [2.75, 3.05) is 42.0 Å². The lowest BCUT2D eigenvalue weighted by atomic mass is 9.72. The average molecular weight is 585 g/mol. The monoisotopic (exact) mass is 583 g/mol. The van der Waals surface area contributed by atoms with Crippen molar-refractivity contribution in [3.8, 4) is 17.6 Å². The molecule has 1 N–H and O–H groups in total. The van der Waals surface area contributed by atoms with Crippen LogP contribution in [0, 0.1) is 17.8 Å². The van der Waals surface area contributed by atoms with Gasteiger partial charge in [-0.15, -0.1) is 0 Å². The number of hydrogen-bond acceptors (Lipinski definition) is 7. The van der Waals surface area contributed by atoms with Crippen LogP contribution in [-0.4, -0.2) is 61.9 Å². The van der Waals surface area contributed by atoms with Gasteiger partial charge < -0.3 is 24.2 Å². The van der Waals surface area contributed by atoms with E-state index in [9.17, 15) is 5.11 Å². The predicted molar refractivity (Wildman–Crippen MR) is 152 cm³/mol. The van der Waals surface area contributed by atoms with Crippen molar-refractivity contribution >= 4 is 26.8 Å². The van der Waals surface area contributed by atoms with E-state index in [0.29, 0.717) is 36.5 Å². The Labute approximate surface area is 233 Å². The molecule has 8 heteroatoms. The summed E-state index contributed by atoms with van der Waals surface area (Å²) in [5.74, 6) is 3.24. The van der Waals surface area contributed by atoms with Crippen molar-refractivity contribution in [3.63, 3.8) is 0 Å². The zero-order chi connectivity index (χ0) is 27.0. The summed E-state index contributed by atoms with van der Waals surface area (Å²) in [5, 5.41) is 13.9. The molecule has 2 aromatic heterocycles. The van der Waals surface area contributed by atoms with Gasteiger partial charge >= 0.3 is 0 Å². The zero-order valence-electron chi connectivity index (χ0n) is 22.9. The fourth-order valence-electron chi connectivity index (χ4n) is 6.58. The summed E-state index contributed by atoms with van der Waals surface area (Å²) in [5.41, 5.74) is 1.29. The van der Waals surface area contributed by atoms with Crippen LogP contribution in [0.2, 0.25) is 0 Å². The van der Waals surface area contributed by atoms with Crippen LogP contribution in [-0.2, 0) is 5.60 Å². The highest BCUT2D eigenvalue weighted by atomic mass is 79.9. The molecule has 5 rings (SSSR count). The number of aliphatic hydroxyl groups is 1. The molecular formula is C30H38BrN3O4. The number of halogens is 1. The molecular weight excluding hydrogens is 546 g/mol. The average Bonchev–Trinajstić information content (AvgIpc) is 3.33. The maximum Gasteiger partial charge on any atom is 0.217 e. The molecule has 38 heavy (non-hydrogen) atoms. The van der Waals surface area contributed by atoms with Crippen molar-refractivity contribution < 1.29 is 19.3 Å². The van der Waals surface area contributed by atoms with Crippen molar-refractivity contribution in [1.29, 1.82) is 0 Å². The number of aromatic nitrogens is 2. The van der Waals surface area contributed by atoms with Crippen LogP contribution in [0.4, 0.5) is 0 Å². The van der Waals surface area contributed by atoms with E-state index in [4.69, 9.17) is 19.2 Å². The SMILES string of the molecule is COc1cc(C(O)(CCN(C)C)C(CC2C3CCCC32)c2cc3cc(Br)ccc3nc2OC)cc(OC)n1. The van der Waals surface area contributed by atoms with Gasteiger partial charge in [-0.2, -0.15) is 4.98 Å². The molecule has 204 valence electrons. The number of methoxy groups -OCH3 is 3. The quantitative estimate of drug-likeness (QED) is 0.306. The van der Waals surface area contributed by atoms with Gasteiger partial charge in [-0.25, -0.2) is 4.98 Å². The standard InChI is InChI=1S/C30H38BrN3O4/c1-34(2)12-11-30(35,19-15-27(36-3)33-28(16-19)37-4)25(17-23-21-7-6-8-22(21)23)24-14-18-13-20(31)9-10-26(18)32-29(24)38-5/h9-10,13-16,21-23,25,35H,6-8,11-12,17H2,1-5H3. The smallest absolute Gasteiger partial charge is 0.217 e. The van der Waals surface area contributed by atoms with E-state index in [-0.39, 0.29) is 5.92 Å². The van der Waals surface area contributed by atoms with Gasteiger partial charge in [0.15, 0.2) is 0 Å². The third-order valence-electron chi connectivity index (χ3n) is 8.64. The second-order valence-corrected chi connectivity index (χ2v) is 12.0. The van der Waals surface area contributed by atoms with E-state index >= 15 is 0 Å². The van der Waals surface area contributed by atoms with E-state index in [1.54, 1.807) is 21.3 Å². The lowest BCUT2D eigenvalue weighted by molar-refractivity contribution is -0.0136. The number of hydrogen-bond donors (Lipinski definition) is 1. The number of fused-ring (bicyclic) bond motifs is 2. The van der Waals surface area contributed by atoms with Gasteiger partial charge in [0.2, 0.25) is 17.6 Å². The fourth-order valence-corrected chi connectivity index (χ4v) is 6.96. The molecule has 2 fully saturated rings. The van der Waals surface area contributed by atoms with Crippen LogP contribution < -0.4 is 14.2 Å². The minimum Gasteiger partial charge on any atom is -0.481 e. The molecule has 1 aromatic carbocycles. The Kier molecular flexibility index (Phi) is 7.85. The van der Waals surface area contributed by atoms with Gasteiger partial charge in [0.25, 0.3) is 0 Å². The van der Waals surface area contributed by atoms with E-state index < -0.39 is 5.60 Å². The third kappa shape index (κ3) is 5.23. The lowest BCUT2D eigenvalue weighted by Crippen LogP contribution is -2.38. The molecule has 0 saturated heterocycles. The van der Waals surface area contributed by atoms with E-state index in [1.807, 2.05) is 38.4 Å². The fraction of sp³-hybridized carbons (Fsp3) is 0.533. The second kappa shape index (κ2) is 11.0. The van der Waals surface area contributed by atoms with Gasteiger partial charge in [0, 0.05) is 40.0 Å². The van der Waals surface area contributed by atoms with Gasteiger partial charge in [-0.1, -0.05) is 22.4 Å². The highest BCUT2D eigenvalue weighted by Crippen LogP contribution is 2.62. The maximum atomic E-state index is 12.9. The van der Waals surface area contributed by atoms with Crippen LogP contribution in [0.3, 0.4) is 0 Å². The number of benzene rings is 1. The predicted octanol–water partition coefficient (Wildman–Crippen LogP) is 5.78. The van der Waals surface area contributed by atoms with Crippen LogP contribution in [0.15, 0.2) is 40.9 Å². The molecule has 0 bridgehead atoms. The number of pyridine rings is 2. The first-order chi connectivity index (χ1) is 18.3. The largest absolute Gasteiger partial charge is 0.481 e. The molecule has 0 radical (unpaired) electrons. The summed E-state index contributed by atoms with van der Waals surface area (Å²) >= 11 is 3.61. The normalized spacial score (nSPS) is 22.7. The molecule has 3 aromatic rings. The summed E-state index contributed by atoms with van der Waals surface area (Å²) < 4.78 is 17.9. The Morgan fingerprint density at radius 2 is 1.68 bits per heavy atom. The molecule has 4 unspecified atom stereocenters. The first kappa shape index (κ1) is 27.2. The van der Waals surface area contributed by atoms with Crippen LogP contribution in [0.1, 0.15) is 49.1 Å². The molecule has 2 heterocycles. The summed E-state index contributed by atoms with van der Waals surface area (Å²) in [4.78, 5) is 11.4. The Hall–Kier alpha value is -2.42. The Morgan fingerprint density at radius 3 is 2.29 bits per heavy atom. The van der Waals surface area contributed by atoms with Crippen LogP contribution >= 0.6 is 15.9 Å². The Balaban J connectivity index is 1.70. The first-order valence-corrected chi connectivity index (χ1v) is 14.2.